The van der Waals surface area contributed by atoms with Gasteiger partial charge >= 0.3 is 0 Å². The molecule has 0 atom stereocenters. The largest absolute Gasteiger partial charge is 0.370 e. The van der Waals surface area contributed by atoms with Gasteiger partial charge in [-0.25, -0.2) is 17.2 Å². The summed E-state index contributed by atoms with van der Waals surface area (Å²) < 4.78 is 53.2. The number of carbonyl (C=O) groups is 1. The number of carbonyl (C=O) groups excluding carboxylic acids is 1. The van der Waals surface area contributed by atoms with E-state index < -0.39 is 32.3 Å². The van der Waals surface area contributed by atoms with Crippen molar-refractivity contribution in [2.24, 2.45) is 0 Å². The highest BCUT2D eigenvalue weighted by Gasteiger charge is 2.25. The summed E-state index contributed by atoms with van der Waals surface area (Å²) in [6.07, 6.45) is 0.953. The molecule has 1 fully saturated rings. The van der Waals surface area contributed by atoms with Crippen molar-refractivity contribution < 1.29 is 22.0 Å². The minimum Gasteiger partial charge on any atom is -0.370 e. The van der Waals surface area contributed by atoms with Gasteiger partial charge in [0.1, 0.15) is 11.6 Å². The van der Waals surface area contributed by atoms with Crippen molar-refractivity contribution in [2.45, 2.75) is 23.1 Å². The van der Waals surface area contributed by atoms with Crippen LogP contribution in [0.1, 0.15) is 13.3 Å². The minimum atomic E-state index is -4.25. The lowest BCUT2D eigenvalue weighted by Gasteiger charge is -2.24. The summed E-state index contributed by atoms with van der Waals surface area (Å²) in [5.74, 6) is -2.43. The van der Waals surface area contributed by atoms with Crippen LogP contribution < -0.4 is 10.2 Å². The van der Waals surface area contributed by atoms with Gasteiger partial charge in [0.25, 0.3) is 0 Å². The highest BCUT2D eigenvalue weighted by molar-refractivity contribution is 7.91. The number of nitrogens with one attached hydrogen (secondary N) is 1. The van der Waals surface area contributed by atoms with E-state index in [-0.39, 0.29) is 10.6 Å². The number of benzene rings is 2. The standard InChI is InChI=1S/C20H23F2N3O3S/c1-14(26)23-19-13-17(25-7-3-6-24(2)8-9-25)4-5-20(19)29(27,28)18-11-15(21)10-16(22)12-18/h4-5,10-13H,3,6-9H2,1-2H3,(H,23,26). The highest BCUT2D eigenvalue weighted by atomic mass is 32.2. The first-order valence-corrected chi connectivity index (χ1v) is 10.7. The molecule has 0 spiro atoms. The summed E-state index contributed by atoms with van der Waals surface area (Å²) in [6, 6.07) is 6.73. The average molecular weight is 423 g/mol. The fourth-order valence-electron chi connectivity index (χ4n) is 3.35. The van der Waals surface area contributed by atoms with Gasteiger partial charge in [-0.05, 0) is 50.3 Å². The Hall–Kier alpha value is -2.52. The van der Waals surface area contributed by atoms with Crippen molar-refractivity contribution in [3.63, 3.8) is 0 Å². The molecule has 0 bridgehead atoms. The van der Waals surface area contributed by atoms with Crippen molar-refractivity contribution in [3.05, 3.63) is 48.0 Å². The molecule has 0 saturated carbocycles. The van der Waals surface area contributed by atoms with E-state index in [1.54, 1.807) is 12.1 Å². The smallest absolute Gasteiger partial charge is 0.221 e. The van der Waals surface area contributed by atoms with Gasteiger partial charge in [0.2, 0.25) is 15.7 Å². The fraction of sp³-hybridized carbons (Fsp3) is 0.350. The van der Waals surface area contributed by atoms with Crippen LogP contribution in [0, 0.1) is 11.6 Å². The Balaban J connectivity index is 2.05. The predicted octanol–water partition coefficient (Wildman–Crippen LogP) is 2.90. The molecule has 0 aromatic heterocycles. The van der Waals surface area contributed by atoms with E-state index in [1.807, 2.05) is 7.05 Å². The second-order valence-corrected chi connectivity index (χ2v) is 9.03. The molecule has 0 unspecified atom stereocenters. The predicted molar refractivity (Wildman–Crippen MR) is 107 cm³/mol. The third kappa shape index (κ3) is 4.91. The van der Waals surface area contributed by atoms with E-state index in [4.69, 9.17) is 0 Å². The van der Waals surface area contributed by atoms with Gasteiger partial charge in [-0.3, -0.25) is 4.79 Å². The fourth-order valence-corrected chi connectivity index (χ4v) is 4.79. The van der Waals surface area contributed by atoms with Gasteiger partial charge in [0.15, 0.2) is 0 Å². The Bertz CT molecular complexity index is 1010. The van der Waals surface area contributed by atoms with Gasteiger partial charge in [-0.1, -0.05) is 0 Å². The molecule has 29 heavy (non-hydrogen) atoms. The zero-order valence-corrected chi connectivity index (χ0v) is 17.1. The zero-order valence-electron chi connectivity index (χ0n) is 16.3. The van der Waals surface area contributed by atoms with Crippen LogP contribution in [0.2, 0.25) is 0 Å². The molecular weight excluding hydrogens is 400 g/mol. The molecule has 0 aliphatic carbocycles. The first kappa shape index (κ1) is 21.2. The molecule has 3 rings (SSSR count). The number of rotatable bonds is 4. The summed E-state index contributed by atoms with van der Waals surface area (Å²) in [4.78, 5) is 15.3. The van der Waals surface area contributed by atoms with Crippen LogP contribution in [0.3, 0.4) is 0 Å². The molecule has 1 N–H and O–H groups in total. The summed E-state index contributed by atoms with van der Waals surface area (Å²) in [6.45, 7) is 4.65. The van der Waals surface area contributed by atoms with Crippen LogP contribution in [-0.4, -0.2) is 52.5 Å². The molecule has 9 heteroatoms. The Morgan fingerprint density at radius 2 is 1.69 bits per heavy atom. The quantitative estimate of drug-likeness (QED) is 0.819. The minimum absolute atomic E-state index is 0.0808. The Kier molecular flexibility index (Phi) is 6.18. The van der Waals surface area contributed by atoms with Crippen molar-refractivity contribution >= 4 is 27.1 Å². The third-order valence-corrected chi connectivity index (χ3v) is 6.59. The van der Waals surface area contributed by atoms with E-state index in [0.717, 1.165) is 50.4 Å². The van der Waals surface area contributed by atoms with E-state index >= 15 is 0 Å². The van der Waals surface area contributed by atoms with Gasteiger partial charge in [-0.2, -0.15) is 0 Å². The lowest BCUT2D eigenvalue weighted by atomic mass is 10.2. The molecule has 1 aliphatic rings. The van der Waals surface area contributed by atoms with Crippen molar-refractivity contribution in [3.8, 4) is 0 Å². The highest BCUT2D eigenvalue weighted by Crippen LogP contribution is 2.32. The number of sulfone groups is 1. The summed E-state index contributed by atoms with van der Waals surface area (Å²) >= 11 is 0. The number of nitrogens with zero attached hydrogens (tertiary/aromatic N) is 2. The first-order chi connectivity index (χ1) is 13.7. The molecule has 2 aromatic rings. The molecular formula is C20H23F2N3O3S. The maximum Gasteiger partial charge on any atom is 0.221 e. The van der Waals surface area contributed by atoms with E-state index in [9.17, 15) is 22.0 Å². The summed E-state index contributed by atoms with van der Waals surface area (Å²) in [5, 5.41) is 2.54. The number of amides is 1. The number of hydrogen-bond donors (Lipinski definition) is 1. The van der Waals surface area contributed by atoms with Crippen molar-refractivity contribution in [2.75, 3.05) is 43.4 Å². The molecule has 6 nitrogen and oxygen atoms in total. The number of halogens is 2. The average Bonchev–Trinajstić information content (AvgIpc) is 2.85. The van der Waals surface area contributed by atoms with Crippen molar-refractivity contribution in [1.82, 2.24) is 4.90 Å². The van der Waals surface area contributed by atoms with Crippen LogP contribution in [0.5, 0.6) is 0 Å². The number of likely N-dealkylation sites (N-methyl/N-ethyl adjacent to an activating group) is 1. The van der Waals surface area contributed by atoms with Crippen LogP contribution >= 0.6 is 0 Å². The number of anilines is 2. The summed E-state index contributed by atoms with van der Waals surface area (Å²) in [7, 11) is -2.20. The monoisotopic (exact) mass is 423 g/mol. The zero-order chi connectivity index (χ0) is 21.2. The Labute approximate surface area is 169 Å². The van der Waals surface area contributed by atoms with Gasteiger partial charge < -0.3 is 15.1 Å². The molecule has 1 heterocycles. The van der Waals surface area contributed by atoms with E-state index in [1.165, 1.54) is 13.0 Å². The Morgan fingerprint density at radius 3 is 2.34 bits per heavy atom. The van der Waals surface area contributed by atoms with Crippen LogP contribution in [0.15, 0.2) is 46.2 Å². The number of hydrogen-bond acceptors (Lipinski definition) is 5. The lowest BCUT2D eigenvalue weighted by Crippen LogP contribution is -2.28. The SMILES string of the molecule is CC(=O)Nc1cc(N2CCCN(C)CC2)ccc1S(=O)(=O)c1cc(F)cc(F)c1. The third-order valence-electron chi connectivity index (χ3n) is 4.79. The van der Waals surface area contributed by atoms with Gasteiger partial charge in [-0.15, -0.1) is 0 Å². The van der Waals surface area contributed by atoms with Crippen LogP contribution in [0.4, 0.5) is 20.2 Å². The first-order valence-electron chi connectivity index (χ1n) is 9.23. The molecule has 1 amide bonds. The molecule has 1 aliphatic heterocycles. The topological polar surface area (TPSA) is 69.7 Å². The van der Waals surface area contributed by atoms with Gasteiger partial charge in [0, 0.05) is 38.3 Å². The van der Waals surface area contributed by atoms with E-state index in [0.29, 0.717) is 6.07 Å². The lowest BCUT2D eigenvalue weighted by molar-refractivity contribution is -0.114. The Morgan fingerprint density at radius 1 is 1.00 bits per heavy atom. The van der Waals surface area contributed by atoms with Crippen LogP contribution in [0.25, 0.3) is 0 Å². The molecule has 2 aromatic carbocycles. The second-order valence-electron chi connectivity index (χ2n) is 7.11. The van der Waals surface area contributed by atoms with E-state index in [2.05, 4.69) is 15.1 Å². The van der Waals surface area contributed by atoms with Crippen LogP contribution in [-0.2, 0) is 14.6 Å². The molecule has 156 valence electrons. The van der Waals surface area contributed by atoms with Gasteiger partial charge in [0.05, 0.1) is 15.5 Å². The molecule has 0 radical (unpaired) electrons. The van der Waals surface area contributed by atoms with Crippen molar-refractivity contribution in [1.29, 1.82) is 0 Å². The maximum atomic E-state index is 13.6. The summed E-state index contributed by atoms with van der Waals surface area (Å²) in [5.41, 5.74) is 0.852. The normalized spacial score (nSPS) is 15.8. The maximum absolute atomic E-state index is 13.6. The second kappa shape index (κ2) is 8.46. The molecule has 1 saturated heterocycles.